The highest BCUT2D eigenvalue weighted by Gasteiger charge is 2.16. The lowest BCUT2D eigenvalue weighted by molar-refractivity contribution is -0.129. The monoisotopic (exact) mass is 174 g/mol. The van der Waals surface area contributed by atoms with Gasteiger partial charge in [-0.1, -0.05) is 0 Å². The third-order valence-electron chi connectivity index (χ3n) is 1.27. The minimum absolute atomic E-state index is 0.180. The predicted molar refractivity (Wildman–Crippen MR) is 43.5 cm³/mol. The Labute approximate surface area is 71.5 Å². The van der Waals surface area contributed by atoms with Gasteiger partial charge in [-0.3, -0.25) is 9.59 Å². The summed E-state index contributed by atoms with van der Waals surface area (Å²) in [5.41, 5.74) is 0. The van der Waals surface area contributed by atoms with E-state index >= 15 is 0 Å². The van der Waals surface area contributed by atoms with Crippen LogP contribution < -0.4 is 10.6 Å². The molecule has 0 saturated heterocycles. The van der Waals surface area contributed by atoms with Crippen LogP contribution in [0.15, 0.2) is 0 Å². The number of methoxy groups -OCH3 is 1. The molecule has 0 rings (SSSR count). The molecule has 1 atom stereocenters. The van der Waals surface area contributed by atoms with E-state index in [0.717, 1.165) is 0 Å². The fourth-order valence-corrected chi connectivity index (χ4v) is 0.769. The molecule has 0 aliphatic carbocycles. The van der Waals surface area contributed by atoms with Crippen molar-refractivity contribution >= 4 is 11.8 Å². The van der Waals surface area contributed by atoms with Crippen LogP contribution in [0.4, 0.5) is 0 Å². The molecule has 0 aromatic heterocycles. The maximum atomic E-state index is 11.0. The van der Waals surface area contributed by atoms with Gasteiger partial charge >= 0.3 is 0 Å². The van der Waals surface area contributed by atoms with Gasteiger partial charge in [0.05, 0.1) is 6.61 Å². The van der Waals surface area contributed by atoms with Crippen LogP contribution in [0.1, 0.15) is 6.92 Å². The lowest BCUT2D eigenvalue weighted by atomic mass is 10.3. The van der Waals surface area contributed by atoms with Gasteiger partial charge in [0.15, 0.2) is 0 Å². The van der Waals surface area contributed by atoms with E-state index in [2.05, 4.69) is 10.6 Å². The van der Waals surface area contributed by atoms with Gasteiger partial charge in [0, 0.05) is 21.1 Å². The molecule has 0 saturated carbocycles. The Bertz CT molecular complexity index is 170. The molecule has 0 aliphatic heterocycles. The van der Waals surface area contributed by atoms with E-state index in [9.17, 15) is 9.59 Å². The summed E-state index contributed by atoms with van der Waals surface area (Å²) in [5, 5.41) is 4.88. The predicted octanol–water partition coefficient (Wildman–Crippen LogP) is -1.12. The van der Waals surface area contributed by atoms with Gasteiger partial charge in [-0.25, -0.2) is 0 Å². The van der Waals surface area contributed by atoms with Crippen LogP contribution in [0, 0.1) is 0 Å². The highest BCUT2D eigenvalue weighted by atomic mass is 16.5. The molecular formula is C7H14N2O3. The van der Waals surface area contributed by atoms with Crippen molar-refractivity contribution in [2.75, 3.05) is 20.8 Å². The van der Waals surface area contributed by atoms with Crippen molar-refractivity contribution in [3.63, 3.8) is 0 Å². The number of carbonyl (C=O) groups is 2. The molecule has 0 aliphatic rings. The van der Waals surface area contributed by atoms with E-state index in [4.69, 9.17) is 4.74 Å². The summed E-state index contributed by atoms with van der Waals surface area (Å²) in [6, 6.07) is -0.600. The number of nitrogens with one attached hydrogen (secondary N) is 2. The fourth-order valence-electron chi connectivity index (χ4n) is 0.769. The molecule has 12 heavy (non-hydrogen) atoms. The first-order valence-electron chi connectivity index (χ1n) is 3.59. The first-order chi connectivity index (χ1) is 5.61. The number of ether oxygens (including phenoxy) is 1. The maximum Gasteiger partial charge on any atom is 0.244 e. The van der Waals surface area contributed by atoms with Crippen molar-refractivity contribution in [2.24, 2.45) is 0 Å². The first kappa shape index (κ1) is 10.9. The standard InChI is InChI=1S/C7H14N2O3/c1-5(10)9-6(4-12-3)7(11)8-2/h6H,4H2,1-3H3,(H,8,11)(H,9,10). The van der Waals surface area contributed by atoms with Crippen molar-refractivity contribution in [3.05, 3.63) is 0 Å². The lowest BCUT2D eigenvalue weighted by Gasteiger charge is -2.14. The van der Waals surface area contributed by atoms with E-state index in [1.165, 1.54) is 21.1 Å². The lowest BCUT2D eigenvalue weighted by Crippen LogP contribution is -2.47. The molecule has 0 fully saturated rings. The SMILES string of the molecule is CNC(=O)C(COC)NC(C)=O. The first-order valence-corrected chi connectivity index (χ1v) is 3.59. The summed E-state index contributed by atoms with van der Waals surface area (Å²) in [5.74, 6) is -0.507. The molecule has 1 unspecified atom stereocenters. The molecule has 70 valence electrons. The van der Waals surface area contributed by atoms with Crippen molar-refractivity contribution in [1.82, 2.24) is 10.6 Å². The van der Waals surface area contributed by atoms with Crippen molar-refractivity contribution < 1.29 is 14.3 Å². The van der Waals surface area contributed by atoms with Gasteiger partial charge in [-0.2, -0.15) is 0 Å². The van der Waals surface area contributed by atoms with Gasteiger partial charge in [0.25, 0.3) is 0 Å². The van der Waals surface area contributed by atoms with Gasteiger partial charge < -0.3 is 15.4 Å². The molecule has 0 radical (unpaired) electrons. The number of rotatable bonds is 4. The Morgan fingerprint density at radius 1 is 1.50 bits per heavy atom. The highest BCUT2D eigenvalue weighted by molar-refractivity contribution is 5.86. The van der Waals surface area contributed by atoms with Gasteiger partial charge in [-0.05, 0) is 0 Å². The molecule has 5 heteroatoms. The summed E-state index contributed by atoms with van der Waals surface area (Å²) in [4.78, 5) is 21.6. The van der Waals surface area contributed by atoms with E-state index in [1.807, 2.05) is 0 Å². The molecule has 2 N–H and O–H groups in total. The largest absolute Gasteiger partial charge is 0.382 e. The van der Waals surface area contributed by atoms with E-state index < -0.39 is 6.04 Å². The summed E-state index contributed by atoms with van der Waals surface area (Å²) in [7, 11) is 2.98. The number of hydrogen-bond donors (Lipinski definition) is 2. The number of hydrogen-bond acceptors (Lipinski definition) is 3. The highest BCUT2D eigenvalue weighted by Crippen LogP contribution is 1.84. The molecule has 0 spiro atoms. The zero-order valence-electron chi connectivity index (χ0n) is 7.51. The van der Waals surface area contributed by atoms with Crippen LogP contribution >= 0.6 is 0 Å². The second kappa shape index (κ2) is 5.54. The Kier molecular flexibility index (Phi) is 5.03. The average molecular weight is 174 g/mol. The topological polar surface area (TPSA) is 67.4 Å². The number of likely N-dealkylation sites (N-methyl/N-ethyl adjacent to an activating group) is 1. The van der Waals surface area contributed by atoms with E-state index in [1.54, 1.807) is 0 Å². The molecule has 2 amide bonds. The van der Waals surface area contributed by atoms with Crippen molar-refractivity contribution in [1.29, 1.82) is 0 Å². The number of carbonyl (C=O) groups excluding carboxylic acids is 2. The maximum absolute atomic E-state index is 11.0. The summed E-state index contributed by atoms with van der Waals surface area (Å²) in [6.07, 6.45) is 0. The van der Waals surface area contributed by atoms with Crippen molar-refractivity contribution in [3.8, 4) is 0 Å². The molecular weight excluding hydrogens is 160 g/mol. The second-order valence-electron chi connectivity index (χ2n) is 2.32. The Morgan fingerprint density at radius 2 is 2.08 bits per heavy atom. The Balaban J connectivity index is 4.02. The van der Waals surface area contributed by atoms with Crippen LogP contribution in [0.2, 0.25) is 0 Å². The molecule has 0 aromatic carbocycles. The minimum atomic E-state index is -0.600. The number of amides is 2. The fraction of sp³-hybridized carbons (Fsp3) is 0.714. The molecule has 5 nitrogen and oxygen atoms in total. The van der Waals surface area contributed by atoms with Crippen LogP contribution in [-0.2, 0) is 14.3 Å². The average Bonchev–Trinajstić information content (AvgIpc) is 2.01. The van der Waals surface area contributed by atoms with Crippen LogP contribution in [-0.4, -0.2) is 38.6 Å². The van der Waals surface area contributed by atoms with E-state index in [0.29, 0.717) is 0 Å². The molecule has 0 aromatic rings. The third kappa shape index (κ3) is 3.92. The molecule has 0 heterocycles. The normalized spacial score (nSPS) is 11.9. The molecule has 0 bridgehead atoms. The van der Waals surface area contributed by atoms with Crippen molar-refractivity contribution in [2.45, 2.75) is 13.0 Å². The van der Waals surface area contributed by atoms with Gasteiger partial charge in [-0.15, -0.1) is 0 Å². The van der Waals surface area contributed by atoms with Gasteiger partial charge in [0.2, 0.25) is 11.8 Å². The summed E-state index contributed by atoms with van der Waals surface area (Å²) in [6.45, 7) is 1.53. The van der Waals surface area contributed by atoms with Gasteiger partial charge in [0.1, 0.15) is 6.04 Å². The third-order valence-corrected chi connectivity index (χ3v) is 1.27. The zero-order chi connectivity index (χ0) is 9.56. The Hall–Kier alpha value is -1.10. The zero-order valence-corrected chi connectivity index (χ0v) is 7.51. The second-order valence-corrected chi connectivity index (χ2v) is 2.32. The van der Waals surface area contributed by atoms with Crippen LogP contribution in [0.25, 0.3) is 0 Å². The Morgan fingerprint density at radius 3 is 2.42 bits per heavy atom. The van der Waals surface area contributed by atoms with Crippen LogP contribution in [0.3, 0.4) is 0 Å². The summed E-state index contributed by atoms with van der Waals surface area (Å²) >= 11 is 0. The minimum Gasteiger partial charge on any atom is -0.382 e. The van der Waals surface area contributed by atoms with E-state index in [-0.39, 0.29) is 18.4 Å². The summed E-state index contributed by atoms with van der Waals surface area (Å²) < 4.78 is 4.75. The smallest absolute Gasteiger partial charge is 0.244 e. The van der Waals surface area contributed by atoms with Crippen LogP contribution in [0.5, 0.6) is 0 Å². The quantitative estimate of drug-likeness (QED) is 0.567.